The summed E-state index contributed by atoms with van der Waals surface area (Å²) in [6.45, 7) is -0.261. The molecule has 0 spiro atoms. The van der Waals surface area contributed by atoms with Crippen LogP contribution in [0, 0.1) is 13.7 Å². The lowest BCUT2D eigenvalue weighted by molar-refractivity contribution is -0.384. The monoisotopic (exact) mass is 447 g/mol. The van der Waals surface area contributed by atoms with E-state index in [1.807, 2.05) is 22.6 Å². The van der Waals surface area contributed by atoms with Crippen molar-refractivity contribution in [1.82, 2.24) is 4.90 Å². The number of hydrogen-bond acceptors (Lipinski definition) is 7. The number of β-amino-alcohol motifs (C(OH)–C–C–N with tert-alkyl or cyclic N) is 1. The van der Waals surface area contributed by atoms with Crippen molar-refractivity contribution in [2.24, 2.45) is 0 Å². The van der Waals surface area contributed by atoms with Gasteiger partial charge in [-0.05, 0) is 34.7 Å². The minimum atomic E-state index is -0.709. The molecule has 0 bridgehead atoms. The highest BCUT2D eigenvalue weighted by Gasteiger charge is 2.35. The Morgan fingerprint density at radius 2 is 2.25 bits per heavy atom. The number of nitrogens with one attached hydrogen (secondary N) is 1. The number of aliphatic hydroxyl groups excluding tert-OH is 1. The van der Waals surface area contributed by atoms with Crippen LogP contribution in [0.3, 0.4) is 0 Å². The van der Waals surface area contributed by atoms with E-state index in [1.54, 1.807) is 6.07 Å². The summed E-state index contributed by atoms with van der Waals surface area (Å²) in [5.74, 6) is -1.24. The number of anilines is 1. The topological polar surface area (TPSA) is 122 Å². The number of carbonyl (C=O) groups is 2. The first-order chi connectivity index (χ1) is 11.4. The van der Waals surface area contributed by atoms with Crippen LogP contribution in [0.2, 0.25) is 0 Å². The van der Waals surface area contributed by atoms with Gasteiger partial charge < -0.3 is 20.1 Å². The third kappa shape index (κ3) is 3.64. The molecular formula is C14H14IN3O6. The van der Waals surface area contributed by atoms with E-state index >= 15 is 0 Å². The largest absolute Gasteiger partial charge is 0.466 e. The van der Waals surface area contributed by atoms with Crippen molar-refractivity contribution in [2.75, 3.05) is 32.1 Å². The van der Waals surface area contributed by atoms with Gasteiger partial charge in [-0.1, -0.05) is 0 Å². The predicted molar refractivity (Wildman–Crippen MR) is 92.1 cm³/mol. The molecule has 1 aromatic carbocycles. The number of esters is 1. The van der Waals surface area contributed by atoms with Gasteiger partial charge in [0, 0.05) is 16.2 Å². The van der Waals surface area contributed by atoms with Gasteiger partial charge in [-0.15, -0.1) is 0 Å². The van der Waals surface area contributed by atoms with E-state index in [4.69, 9.17) is 5.11 Å². The van der Waals surface area contributed by atoms with Crippen molar-refractivity contribution in [2.45, 2.75) is 0 Å². The van der Waals surface area contributed by atoms with Crippen LogP contribution in [0.1, 0.15) is 0 Å². The Hall–Kier alpha value is -2.21. The van der Waals surface area contributed by atoms with E-state index in [0.717, 1.165) is 0 Å². The highest BCUT2D eigenvalue weighted by Crippen LogP contribution is 2.30. The molecule has 9 nitrogen and oxygen atoms in total. The van der Waals surface area contributed by atoms with Crippen molar-refractivity contribution in [3.05, 3.63) is 43.2 Å². The van der Waals surface area contributed by atoms with Crippen molar-refractivity contribution in [3.63, 3.8) is 0 Å². The van der Waals surface area contributed by atoms with Gasteiger partial charge in [-0.2, -0.15) is 0 Å². The van der Waals surface area contributed by atoms with Crippen molar-refractivity contribution < 1.29 is 24.4 Å². The molecule has 1 aliphatic rings. The Labute approximate surface area is 150 Å². The van der Waals surface area contributed by atoms with E-state index in [9.17, 15) is 19.7 Å². The molecule has 10 heteroatoms. The summed E-state index contributed by atoms with van der Waals surface area (Å²) in [6.07, 6.45) is 0. The van der Waals surface area contributed by atoms with E-state index in [2.05, 4.69) is 10.1 Å². The normalized spacial score (nSPS) is 14.1. The van der Waals surface area contributed by atoms with Gasteiger partial charge in [-0.3, -0.25) is 14.9 Å². The summed E-state index contributed by atoms with van der Waals surface area (Å²) in [5.41, 5.74) is -0.147. The maximum Gasteiger partial charge on any atom is 0.337 e. The molecule has 1 heterocycles. The molecule has 0 saturated carbocycles. The van der Waals surface area contributed by atoms with Gasteiger partial charge in [0.25, 0.3) is 11.6 Å². The number of halogens is 1. The lowest BCUT2D eigenvalue weighted by Gasteiger charge is -2.15. The molecule has 0 saturated heterocycles. The number of rotatable bonds is 6. The first-order valence-electron chi connectivity index (χ1n) is 6.81. The molecular weight excluding hydrogens is 433 g/mol. The van der Waals surface area contributed by atoms with E-state index in [0.29, 0.717) is 3.57 Å². The second-order valence-electron chi connectivity index (χ2n) is 4.84. The lowest BCUT2D eigenvalue weighted by Crippen LogP contribution is -2.31. The Morgan fingerprint density at radius 1 is 1.54 bits per heavy atom. The van der Waals surface area contributed by atoms with Crippen LogP contribution in [0.5, 0.6) is 0 Å². The fraction of sp³-hybridized carbons (Fsp3) is 0.286. The van der Waals surface area contributed by atoms with E-state index < -0.39 is 16.8 Å². The Morgan fingerprint density at radius 3 is 2.83 bits per heavy atom. The van der Waals surface area contributed by atoms with Gasteiger partial charge in [0.05, 0.1) is 30.8 Å². The van der Waals surface area contributed by atoms with Crippen LogP contribution in [0.4, 0.5) is 11.4 Å². The molecule has 0 radical (unpaired) electrons. The Bertz CT molecular complexity index is 733. The fourth-order valence-corrected chi connectivity index (χ4v) is 2.72. The van der Waals surface area contributed by atoms with Crippen LogP contribution in [-0.2, 0) is 14.3 Å². The number of aliphatic hydroxyl groups is 1. The molecule has 0 aliphatic carbocycles. The summed E-state index contributed by atoms with van der Waals surface area (Å²) >= 11 is 1.94. The molecule has 1 aromatic rings. The summed E-state index contributed by atoms with van der Waals surface area (Å²) in [4.78, 5) is 36.2. The predicted octanol–water partition coefficient (Wildman–Crippen LogP) is 0.873. The molecule has 24 heavy (non-hydrogen) atoms. The second kappa shape index (κ2) is 7.57. The van der Waals surface area contributed by atoms with Crippen LogP contribution in [-0.4, -0.2) is 53.6 Å². The SMILES string of the molecule is COC(=O)C1=C(Nc2ccc(I)cc2[N+](=O)[O-])C(=O)N(CCO)C1. The highest BCUT2D eigenvalue weighted by atomic mass is 127. The first-order valence-corrected chi connectivity index (χ1v) is 7.89. The lowest BCUT2D eigenvalue weighted by atomic mass is 10.2. The minimum absolute atomic E-state index is 0.0352. The van der Waals surface area contributed by atoms with Gasteiger partial charge in [0.1, 0.15) is 11.4 Å². The second-order valence-corrected chi connectivity index (χ2v) is 6.08. The van der Waals surface area contributed by atoms with E-state index in [-0.39, 0.29) is 42.3 Å². The summed E-state index contributed by atoms with van der Waals surface area (Å²) in [5, 5.41) is 22.9. The zero-order valence-corrected chi connectivity index (χ0v) is 14.8. The molecule has 0 aromatic heterocycles. The van der Waals surface area contributed by atoms with Gasteiger partial charge in [0.15, 0.2) is 0 Å². The number of nitro groups is 1. The third-order valence-corrected chi connectivity index (χ3v) is 4.04. The number of ether oxygens (including phenoxy) is 1. The smallest absolute Gasteiger partial charge is 0.337 e. The fourth-order valence-electron chi connectivity index (χ4n) is 2.25. The van der Waals surface area contributed by atoms with Crippen molar-refractivity contribution >= 4 is 45.8 Å². The number of amides is 1. The minimum Gasteiger partial charge on any atom is -0.466 e. The molecule has 2 rings (SSSR count). The van der Waals surface area contributed by atoms with Crippen LogP contribution < -0.4 is 5.32 Å². The molecule has 0 atom stereocenters. The highest BCUT2D eigenvalue weighted by molar-refractivity contribution is 14.1. The number of carbonyl (C=O) groups excluding carboxylic acids is 2. The molecule has 0 fully saturated rings. The molecule has 1 amide bonds. The molecule has 0 unspecified atom stereocenters. The Kier molecular flexibility index (Phi) is 5.72. The summed E-state index contributed by atoms with van der Waals surface area (Å²) < 4.78 is 5.32. The number of benzene rings is 1. The number of nitrogens with zero attached hydrogens (tertiary/aromatic N) is 2. The maximum atomic E-state index is 12.4. The van der Waals surface area contributed by atoms with Crippen LogP contribution in [0.25, 0.3) is 0 Å². The van der Waals surface area contributed by atoms with Crippen LogP contribution in [0.15, 0.2) is 29.5 Å². The molecule has 2 N–H and O–H groups in total. The number of nitro benzene ring substituents is 1. The first kappa shape index (κ1) is 18.1. The zero-order valence-electron chi connectivity index (χ0n) is 12.6. The zero-order chi connectivity index (χ0) is 17.9. The maximum absolute atomic E-state index is 12.4. The third-order valence-electron chi connectivity index (χ3n) is 3.37. The van der Waals surface area contributed by atoms with Crippen LogP contribution >= 0.6 is 22.6 Å². The average molecular weight is 447 g/mol. The average Bonchev–Trinajstić information content (AvgIpc) is 2.85. The summed E-state index contributed by atoms with van der Waals surface area (Å²) in [7, 11) is 1.18. The molecule has 128 valence electrons. The molecule has 1 aliphatic heterocycles. The van der Waals surface area contributed by atoms with Gasteiger partial charge in [-0.25, -0.2) is 4.79 Å². The number of methoxy groups -OCH3 is 1. The van der Waals surface area contributed by atoms with Gasteiger partial charge >= 0.3 is 5.97 Å². The van der Waals surface area contributed by atoms with Crippen molar-refractivity contribution in [1.29, 1.82) is 0 Å². The van der Waals surface area contributed by atoms with E-state index in [1.165, 1.54) is 24.1 Å². The number of hydrogen-bond donors (Lipinski definition) is 2. The standard InChI is InChI=1S/C14H14IN3O6/c1-24-14(21)9-7-17(4-5-19)13(20)12(9)16-10-3-2-8(15)6-11(10)18(22)23/h2-3,6,16,19H,4-5,7H2,1H3. The summed E-state index contributed by atoms with van der Waals surface area (Å²) in [6, 6.07) is 4.45. The Balaban J connectivity index is 2.43. The quantitative estimate of drug-likeness (QED) is 0.287. The van der Waals surface area contributed by atoms with Crippen molar-refractivity contribution in [3.8, 4) is 0 Å². The van der Waals surface area contributed by atoms with Gasteiger partial charge in [0.2, 0.25) is 0 Å².